The molecule has 0 bridgehead atoms. The van der Waals surface area contributed by atoms with Crippen molar-refractivity contribution in [2.75, 3.05) is 28.4 Å². The van der Waals surface area contributed by atoms with E-state index in [-0.39, 0.29) is 5.78 Å². The van der Waals surface area contributed by atoms with Crippen LogP contribution in [0.25, 0.3) is 0 Å². The summed E-state index contributed by atoms with van der Waals surface area (Å²) in [7, 11) is 6.02. The first-order chi connectivity index (χ1) is 12.3. The molecular weight excluding hydrogens is 336 g/mol. The lowest BCUT2D eigenvalue weighted by atomic mass is 9.85. The molecule has 2 rings (SSSR count). The largest absolute Gasteiger partial charge is 0.497 e. The van der Waals surface area contributed by atoms with Gasteiger partial charge in [-0.1, -0.05) is 0 Å². The maximum Gasteiger partial charge on any atom is 0.163 e. The van der Waals surface area contributed by atoms with Gasteiger partial charge in [-0.3, -0.25) is 4.79 Å². The number of rotatable bonds is 7. The van der Waals surface area contributed by atoms with Crippen LogP contribution in [0.15, 0.2) is 30.3 Å². The summed E-state index contributed by atoms with van der Waals surface area (Å²) >= 11 is 0. The van der Waals surface area contributed by atoms with Crippen molar-refractivity contribution in [1.29, 1.82) is 0 Å². The van der Waals surface area contributed by atoms with Crippen LogP contribution in [0.3, 0.4) is 0 Å². The summed E-state index contributed by atoms with van der Waals surface area (Å²) in [4.78, 5) is 11.9. The summed E-state index contributed by atoms with van der Waals surface area (Å²) in [5.41, 5.74) is -0.182. The predicted molar refractivity (Wildman–Crippen MR) is 97.8 cm³/mol. The summed E-state index contributed by atoms with van der Waals surface area (Å²) < 4.78 is 21.4. The average Bonchev–Trinajstić information content (AvgIpc) is 2.65. The first-order valence-corrected chi connectivity index (χ1v) is 8.02. The van der Waals surface area contributed by atoms with Gasteiger partial charge in [0, 0.05) is 11.1 Å². The van der Waals surface area contributed by atoms with E-state index in [1.807, 2.05) is 0 Å². The van der Waals surface area contributed by atoms with Gasteiger partial charge in [0.15, 0.2) is 5.78 Å². The number of ketones is 1. The fraction of sp³-hybridized carbons (Fsp3) is 0.350. The first kappa shape index (κ1) is 19.6. The molecule has 0 radical (unpaired) electrons. The molecule has 0 heterocycles. The lowest BCUT2D eigenvalue weighted by Gasteiger charge is -2.29. The van der Waals surface area contributed by atoms with Crippen LogP contribution < -0.4 is 18.9 Å². The van der Waals surface area contributed by atoms with E-state index in [0.717, 1.165) is 0 Å². The van der Waals surface area contributed by atoms with Crippen LogP contribution in [0.2, 0.25) is 0 Å². The SMILES string of the molecule is COc1ccc(OC)c(C(C)(O)c2cc(OC)c(C(C)=O)cc2OC)c1. The van der Waals surface area contributed by atoms with E-state index in [1.54, 1.807) is 44.4 Å². The molecule has 0 aliphatic heterocycles. The predicted octanol–water partition coefficient (Wildman–Crippen LogP) is 3.18. The molecule has 26 heavy (non-hydrogen) atoms. The zero-order valence-electron chi connectivity index (χ0n) is 15.9. The molecule has 0 aliphatic carbocycles. The van der Waals surface area contributed by atoms with Crippen LogP contribution in [0.5, 0.6) is 23.0 Å². The molecular formula is C20H24O6. The quantitative estimate of drug-likeness (QED) is 0.765. The second-order valence-corrected chi connectivity index (χ2v) is 5.95. The lowest BCUT2D eigenvalue weighted by Crippen LogP contribution is -2.25. The van der Waals surface area contributed by atoms with Crippen LogP contribution in [0, 0.1) is 0 Å². The van der Waals surface area contributed by atoms with Crippen molar-refractivity contribution in [3.63, 3.8) is 0 Å². The van der Waals surface area contributed by atoms with Crippen LogP contribution >= 0.6 is 0 Å². The van der Waals surface area contributed by atoms with Gasteiger partial charge in [-0.2, -0.15) is 0 Å². The second kappa shape index (κ2) is 7.66. The summed E-state index contributed by atoms with van der Waals surface area (Å²) in [6, 6.07) is 8.33. The Morgan fingerprint density at radius 2 is 1.42 bits per heavy atom. The minimum Gasteiger partial charge on any atom is -0.497 e. The zero-order valence-corrected chi connectivity index (χ0v) is 15.9. The summed E-state index contributed by atoms with van der Waals surface area (Å²) in [6.07, 6.45) is 0. The number of hydrogen-bond acceptors (Lipinski definition) is 6. The highest BCUT2D eigenvalue weighted by atomic mass is 16.5. The Balaban J connectivity index is 2.74. The minimum absolute atomic E-state index is 0.162. The molecule has 0 saturated heterocycles. The number of hydrogen-bond donors (Lipinski definition) is 1. The molecule has 2 aromatic rings. The van der Waals surface area contributed by atoms with Gasteiger partial charge < -0.3 is 24.1 Å². The molecule has 2 aromatic carbocycles. The Kier molecular flexibility index (Phi) is 5.77. The number of ether oxygens (including phenoxy) is 4. The third-order valence-corrected chi connectivity index (χ3v) is 4.36. The van der Waals surface area contributed by atoms with Gasteiger partial charge in [0.25, 0.3) is 0 Å². The van der Waals surface area contributed by atoms with Crippen molar-refractivity contribution < 1.29 is 28.8 Å². The Morgan fingerprint density at radius 3 is 1.92 bits per heavy atom. The maximum atomic E-state index is 11.9. The van der Waals surface area contributed by atoms with Gasteiger partial charge in [0.1, 0.15) is 28.6 Å². The molecule has 140 valence electrons. The van der Waals surface area contributed by atoms with E-state index in [2.05, 4.69) is 0 Å². The van der Waals surface area contributed by atoms with Gasteiger partial charge in [-0.05, 0) is 44.2 Å². The van der Waals surface area contributed by atoms with Crippen molar-refractivity contribution in [3.05, 3.63) is 47.0 Å². The lowest BCUT2D eigenvalue weighted by molar-refractivity contribution is 0.0943. The molecule has 0 aliphatic rings. The zero-order chi connectivity index (χ0) is 19.5. The van der Waals surface area contributed by atoms with E-state index in [0.29, 0.717) is 39.7 Å². The molecule has 6 nitrogen and oxygen atoms in total. The van der Waals surface area contributed by atoms with Crippen LogP contribution in [-0.2, 0) is 5.60 Å². The molecule has 0 fully saturated rings. The summed E-state index contributed by atoms with van der Waals surface area (Å²) in [5.74, 6) is 1.63. The number of Topliss-reactive ketones (excluding diaryl/α,β-unsaturated/α-hetero) is 1. The van der Waals surface area contributed by atoms with Gasteiger partial charge in [-0.25, -0.2) is 0 Å². The van der Waals surface area contributed by atoms with Crippen molar-refractivity contribution in [1.82, 2.24) is 0 Å². The highest BCUT2D eigenvalue weighted by Crippen LogP contribution is 2.43. The van der Waals surface area contributed by atoms with Crippen LogP contribution in [0.4, 0.5) is 0 Å². The number of benzene rings is 2. The van der Waals surface area contributed by atoms with E-state index in [4.69, 9.17) is 18.9 Å². The standard InChI is InChI=1S/C20H24O6/c1-12(21)14-10-19(26-6)16(11-18(14)25-5)20(2,22)15-9-13(23-3)7-8-17(15)24-4/h7-11,22H,1-6H3. The topological polar surface area (TPSA) is 74.2 Å². The van der Waals surface area contributed by atoms with E-state index < -0.39 is 5.60 Å². The normalized spacial score (nSPS) is 12.9. The Labute approximate surface area is 153 Å². The third kappa shape index (κ3) is 3.46. The molecule has 0 spiro atoms. The average molecular weight is 360 g/mol. The molecule has 0 amide bonds. The molecule has 0 aromatic heterocycles. The molecule has 1 N–H and O–H groups in total. The maximum absolute atomic E-state index is 11.9. The Hall–Kier alpha value is -2.73. The highest BCUT2D eigenvalue weighted by molar-refractivity contribution is 5.97. The van der Waals surface area contributed by atoms with Gasteiger partial charge in [-0.15, -0.1) is 0 Å². The van der Waals surface area contributed by atoms with Crippen molar-refractivity contribution in [2.45, 2.75) is 19.4 Å². The van der Waals surface area contributed by atoms with E-state index in [1.165, 1.54) is 28.3 Å². The smallest absolute Gasteiger partial charge is 0.163 e. The monoisotopic (exact) mass is 360 g/mol. The Morgan fingerprint density at radius 1 is 0.846 bits per heavy atom. The number of carbonyl (C=O) groups excluding carboxylic acids is 1. The van der Waals surface area contributed by atoms with Crippen molar-refractivity contribution in [3.8, 4) is 23.0 Å². The fourth-order valence-electron chi connectivity index (χ4n) is 2.89. The highest BCUT2D eigenvalue weighted by Gasteiger charge is 2.34. The third-order valence-electron chi connectivity index (χ3n) is 4.36. The molecule has 6 heteroatoms. The van der Waals surface area contributed by atoms with E-state index in [9.17, 15) is 9.90 Å². The number of aliphatic hydroxyl groups is 1. The fourth-order valence-corrected chi connectivity index (χ4v) is 2.89. The van der Waals surface area contributed by atoms with Gasteiger partial charge in [0.05, 0.1) is 34.0 Å². The minimum atomic E-state index is -1.49. The molecule has 1 unspecified atom stereocenters. The van der Waals surface area contributed by atoms with Crippen molar-refractivity contribution >= 4 is 5.78 Å². The summed E-state index contributed by atoms with van der Waals surface area (Å²) in [6.45, 7) is 3.06. The molecule has 1 atom stereocenters. The number of carbonyl (C=O) groups is 1. The van der Waals surface area contributed by atoms with Crippen molar-refractivity contribution in [2.24, 2.45) is 0 Å². The first-order valence-electron chi connectivity index (χ1n) is 8.02. The van der Waals surface area contributed by atoms with Crippen LogP contribution in [-0.4, -0.2) is 39.3 Å². The van der Waals surface area contributed by atoms with E-state index >= 15 is 0 Å². The summed E-state index contributed by atoms with van der Waals surface area (Å²) in [5, 5.41) is 11.4. The van der Waals surface area contributed by atoms with Gasteiger partial charge in [0.2, 0.25) is 0 Å². The second-order valence-electron chi connectivity index (χ2n) is 5.95. The number of methoxy groups -OCH3 is 4. The Bertz CT molecular complexity index is 810. The molecule has 0 saturated carbocycles. The van der Waals surface area contributed by atoms with Crippen LogP contribution in [0.1, 0.15) is 35.3 Å². The van der Waals surface area contributed by atoms with Gasteiger partial charge >= 0.3 is 0 Å².